The van der Waals surface area contributed by atoms with E-state index in [1.165, 1.54) is 0 Å². The van der Waals surface area contributed by atoms with Gasteiger partial charge in [-0.3, -0.25) is 0 Å². The molecule has 0 atom stereocenters. The Bertz CT molecular complexity index is 808. The quantitative estimate of drug-likeness (QED) is 0.679. The SMILES string of the molecule is O=C(O)c1cc(COc2ccc(C(F)(F)F)cc2Cl)cc(OC(F)F)c1. The summed E-state index contributed by atoms with van der Waals surface area (Å²) >= 11 is 5.74. The molecular formula is C16H10ClF5O4. The van der Waals surface area contributed by atoms with Crippen molar-refractivity contribution in [2.24, 2.45) is 0 Å². The summed E-state index contributed by atoms with van der Waals surface area (Å²) in [6, 6.07) is 5.62. The Kier molecular flexibility index (Phi) is 5.91. The van der Waals surface area contributed by atoms with Crippen LogP contribution in [0.3, 0.4) is 0 Å². The van der Waals surface area contributed by atoms with Crippen LogP contribution >= 0.6 is 11.6 Å². The molecule has 2 aromatic rings. The lowest BCUT2D eigenvalue weighted by Crippen LogP contribution is -2.07. The molecule has 2 rings (SSSR count). The Labute approximate surface area is 148 Å². The summed E-state index contributed by atoms with van der Waals surface area (Å²) in [4.78, 5) is 11.0. The predicted molar refractivity (Wildman–Crippen MR) is 80.8 cm³/mol. The van der Waals surface area contributed by atoms with E-state index in [-0.39, 0.29) is 28.5 Å². The maximum absolute atomic E-state index is 12.6. The summed E-state index contributed by atoms with van der Waals surface area (Å²) in [5.41, 5.74) is -1.13. The number of carbonyl (C=O) groups is 1. The van der Waals surface area contributed by atoms with Crippen LogP contribution in [0.2, 0.25) is 5.02 Å². The van der Waals surface area contributed by atoms with Gasteiger partial charge < -0.3 is 14.6 Å². The van der Waals surface area contributed by atoms with E-state index in [0.29, 0.717) is 6.07 Å². The van der Waals surface area contributed by atoms with Crippen molar-refractivity contribution in [3.05, 3.63) is 58.1 Å². The van der Waals surface area contributed by atoms with Crippen molar-refractivity contribution in [2.75, 3.05) is 0 Å². The number of hydrogen-bond acceptors (Lipinski definition) is 3. The molecule has 0 unspecified atom stereocenters. The highest BCUT2D eigenvalue weighted by molar-refractivity contribution is 6.32. The molecule has 2 aromatic carbocycles. The van der Waals surface area contributed by atoms with Crippen LogP contribution in [0.25, 0.3) is 0 Å². The number of alkyl halides is 5. The van der Waals surface area contributed by atoms with Crippen LogP contribution in [-0.2, 0) is 12.8 Å². The number of halogens is 6. The zero-order valence-electron chi connectivity index (χ0n) is 12.7. The number of aromatic carboxylic acids is 1. The molecule has 0 aliphatic rings. The summed E-state index contributed by atoms with van der Waals surface area (Å²) in [5.74, 6) is -1.85. The molecular weight excluding hydrogens is 387 g/mol. The van der Waals surface area contributed by atoms with Crippen LogP contribution in [0.5, 0.6) is 11.5 Å². The fourth-order valence-electron chi connectivity index (χ4n) is 1.99. The summed E-state index contributed by atoms with van der Waals surface area (Å²) in [6.07, 6.45) is -4.57. The molecule has 0 saturated heterocycles. The van der Waals surface area contributed by atoms with Gasteiger partial charge in [-0.05, 0) is 42.0 Å². The molecule has 0 amide bonds. The van der Waals surface area contributed by atoms with E-state index in [0.717, 1.165) is 30.3 Å². The second-order valence-corrected chi connectivity index (χ2v) is 5.39. The highest BCUT2D eigenvalue weighted by Gasteiger charge is 2.31. The minimum absolute atomic E-state index is 0.0864. The lowest BCUT2D eigenvalue weighted by molar-refractivity contribution is -0.137. The van der Waals surface area contributed by atoms with Gasteiger partial charge in [0.1, 0.15) is 18.1 Å². The van der Waals surface area contributed by atoms with Gasteiger partial charge in [0.25, 0.3) is 0 Å². The number of benzene rings is 2. The van der Waals surface area contributed by atoms with Gasteiger partial charge in [-0.1, -0.05) is 11.6 Å². The first-order valence-corrected chi connectivity index (χ1v) is 7.25. The second-order valence-electron chi connectivity index (χ2n) is 4.98. The Hall–Kier alpha value is -2.55. The lowest BCUT2D eigenvalue weighted by Gasteiger charge is -2.13. The highest BCUT2D eigenvalue weighted by Crippen LogP contribution is 2.35. The fraction of sp³-hybridized carbons (Fsp3) is 0.188. The topological polar surface area (TPSA) is 55.8 Å². The molecule has 0 aliphatic carbocycles. The van der Waals surface area contributed by atoms with Crippen LogP contribution in [0, 0.1) is 0 Å². The standard InChI is InChI=1S/C16H10ClF5O4/c17-12-6-10(16(20,21)22)1-2-13(12)25-7-8-3-9(14(23)24)5-11(4-8)26-15(18)19/h1-6,15H,7H2,(H,23,24). The summed E-state index contributed by atoms with van der Waals surface area (Å²) < 4.78 is 71.8. The first-order chi connectivity index (χ1) is 12.1. The molecule has 0 heterocycles. The van der Waals surface area contributed by atoms with Crippen LogP contribution in [0.15, 0.2) is 36.4 Å². The summed E-state index contributed by atoms with van der Waals surface area (Å²) in [7, 11) is 0. The third-order valence-electron chi connectivity index (χ3n) is 3.09. The molecule has 4 nitrogen and oxygen atoms in total. The van der Waals surface area contributed by atoms with Crippen molar-refractivity contribution >= 4 is 17.6 Å². The lowest BCUT2D eigenvalue weighted by atomic mass is 10.1. The van der Waals surface area contributed by atoms with E-state index in [2.05, 4.69) is 4.74 Å². The van der Waals surface area contributed by atoms with E-state index < -0.39 is 30.1 Å². The van der Waals surface area contributed by atoms with Crippen LogP contribution in [0.1, 0.15) is 21.5 Å². The van der Waals surface area contributed by atoms with Gasteiger partial charge in [-0.2, -0.15) is 22.0 Å². The average molecular weight is 397 g/mol. The third kappa shape index (κ3) is 5.22. The summed E-state index contributed by atoms with van der Waals surface area (Å²) in [6.45, 7) is -3.48. The molecule has 0 saturated carbocycles. The van der Waals surface area contributed by atoms with Gasteiger partial charge in [0.2, 0.25) is 0 Å². The second kappa shape index (κ2) is 7.77. The number of carboxylic acid groups (broad SMARTS) is 1. The number of rotatable bonds is 6. The van der Waals surface area contributed by atoms with Crippen molar-refractivity contribution in [1.29, 1.82) is 0 Å². The molecule has 0 bridgehead atoms. The minimum atomic E-state index is -4.57. The van der Waals surface area contributed by atoms with Gasteiger partial charge in [0, 0.05) is 0 Å². The normalized spacial score (nSPS) is 11.5. The van der Waals surface area contributed by atoms with Gasteiger partial charge in [0.05, 0.1) is 16.1 Å². The Morgan fingerprint density at radius 2 is 1.85 bits per heavy atom. The van der Waals surface area contributed by atoms with Crippen LogP contribution < -0.4 is 9.47 Å². The van der Waals surface area contributed by atoms with E-state index in [4.69, 9.17) is 21.4 Å². The molecule has 0 radical (unpaired) electrons. The van der Waals surface area contributed by atoms with Crippen LogP contribution in [-0.4, -0.2) is 17.7 Å². The van der Waals surface area contributed by atoms with Gasteiger partial charge in [-0.25, -0.2) is 4.79 Å². The molecule has 10 heteroatoms. The first kappa shape index (κ1) is 19.8. The van der Waals surface area contributed by atoms with Crippen molar-refractivity contribution in [1.82, 2.24) is 0 Å². The largest absolute Gasteiger partial charge is 0.487 e. The van der Waals surface area contributed by atoms with E-state index >= 15 is 0 Å². The molecule has 140 valence electrons. The van der Waals surface area contributed by atoms with Gasteiger partial charge >= 0.3 is 18.8 Å². The van der Waals surface area contributed by atoms with Crippen LogP contribution in [0.4, 0.5) is 22.0 Å². The fourth-order valence-corrected chi connectivity index (χ4v) is 2.23. The minimum Gasteiger partial charge on any atom is -0.487 e. The average Bonchev–Trinajstić information content (AvgIpc) is 2.51. The van der Waals surface area contributed by atoms with E-state index in [9.17, 15) is 26.7 Å². The number of hydrogen-bond donors (Lipinski definition) is 1. The number of ether oxygens (including phenoxy) is 2. The predicted octanol–water partition coefficient (Wildman–Crippen LogP) is 5.24. The Morgan fingerprint density at radius 3 is 2.38 bits per heavy atom. The molecule has 0 aliphatic heterocycles. The molecule has 26 heavy (non-hydrogen) atoms. The maximum atomic E-state index is 12.6. The van der Waals surface area contributed by atoms with E-state index in [1.54, 1.807) is 0 Å². The zero-order valence-corrected chi connectivity index (χ0v) is 13.4. The monoisotopic (exact) mass is 396 g/mol. The Morgan fingerprint density at radius 1 is 1.15 bits per heavy atom. The van der Waals surface area contributed by atoms with E-state index in [1.807, 2.05) is 0 Å². The zero-order chi connectivity index (χ0) is 19.5. The maximum Gasteiger partial charge on any atom is 0.416 e. The third-order valence-corrected chi connectivity index (χ3v) is 3.39. The Balaban J connectivity index is 2.21. The van der Waals surface area contributed by atoms with Crippen molar-refractivity contribution < 1.29 is 41.3 Å². The van der Waals surface area contributed by atoms with Crippen molar-refractivity contribution in [2.45, 2.75) is 19.4 Å². The molecule has 0 fully saturated rings. The van der Waals surface area contributed by atoms with Crippen molar-refractivity contribution in [3.8, 4) is 11.5 Å². The first-order valence-electron chi connectivity index (χ1n) is 6.88. The smallest absolute Gasteiger partial charge is 0.416 e. The molecule has 0 aromatic heterocycles. The summed E-state index contributed by atoms with van der Waals surface area (Å²) in [5, 5.41) is 8.69. The number of carboxylic acids is 1. The van der Waals surface area contributed by atoms with Crippen molar-refractivity contribution in [3.63, 3.8) is 0 Å². The molecule has 1 N–H and O–H groups in total. The molecule has 0 spiro atoms. The highest BCUT2D eigenvalue weighted by atomic mass is 35.5. The van der Waals surface area contributed by atoms with Gasteiger partial charge in [-0.15, -0.1) is 0 Å². The van der Waals surface area contributed by atoms with Gasteiger partial charge in [0.15, 0.2) is 0 Å².